The Labute approximate surface area is 168 Å². The Bertz CT molecular complexity index is 824. The maximum absolute atomic E-state index is 12.0. The number of benzene rings is 2. The summed E-state index contributed by atoms with van der Waals surface area (Å²) >= 11 is 0. The molecule has 29 heavy (non-hydrogen) atoms. The van der Waals surface area contributed by atoms with Crippen LogP contribution in [-0.2, 0) is 16.1 Å². The summed E-state index contributed by atoms with van der Waals surface area (Å²) in [5.41, 5.74) is 0.611. The molecule has 1 aliphatic rings. The molecule has 0 aliphatic carbocycles. The topological polar surface area (TPSA) is 103 Å². The Morgan fingerprint density at radius 1 is 1.17 bits per heavy atom. The summed E-state index contributed by atoms with van der Waals surface area (Å²) < 4.78 is 16.0. The monoisotopic (exact) mass is 401 g/mol. The van der Waals surface area contributed by atoms with E-state index >= 15 is 0 Å². The summed E-state index contributed by atoms with van der Waals surface area (Å²) in [7, 11) is 0. The fraction of sp³-hybridized carbons (Fsp3) is 0.350. The minimum Gasteiger partial charge on any atom is -0.492 e. The van der Waals surface area contributed by atoms with E-state index in [1.165, 1.54) is 12.1 Å². The zero-order valence-electron chi connectivity index (χ0n) is 15.9. The zero-order chi connectivity index (χ0) is 20.5. The SMILES string of the molecule is O=C(Nc1ccc(OCCN2CCOCC2)cc1[N+](=O)[O-])OCc1ccccc1. The molecule has 3 rings (SSSR count). The fourth-order valence-electron chi connectivity index (χ4n) is 2.84. The zero-order valence-corrected chi connectivity index (χ0v) is 15.9. The second kappa shape index (κ2) is 10.4. The van der Waals surface area contributed by atoms with Gasteiger partial charge in [-0.15, -0.1) is 0 Å². The van der Waals surface area contributed by atoms with E-state index < -0.39 is 11.0 Å². The van der Waals surface area contributed by atoms with Crippen LogP contribution in [0, 0.1) is 10.1 Å². The van der Waals surface area contributed by atoms with Gasteiger partial charge >= 0.3 is 6.09 Å². The van der Waals surface area contributed by atoms with Crippen molar-refractivity contribution in [2.24, 2.45) is 0 Å². The van der Waals surface area contributed by atoms with E-state index in [-0.39, 0.29) is 18.0 Å². The second-order valence-corrected chi connectivity index (χ2v) is 6.43. The van der Waals surface area contributed by atoms with Gasteiger partial charge in [-0.25, -0.2) is 4.79 Å². The van der Waals surface area contributed by atoms with Gasteiger partial charge in [0.25, 0.3) is 5.69 Å². The molecular weight excluding hydrogens is 378 g/mol. The van der Waals surface area contributed by atoms with Gasteiger partial charge in [0.05, 0.1) is 24.2 Å². The molecule has 0 saturated carbocycles. The predicted octanol–water partition coefficient (Wildman–Crippen LogP) is 3.05. The molecule has 1 fully saturated rings. The number of nitro groups is 1. The first-order valence-electron chi connectivity index (χ1n) is 9.31. The highest BCUT2D eigenvalue weighted by molar-refractivity contribution is 5.88. The maximum atomic E-state index is 12.0. The van der Waals surface area contributed by atoms with Crippen LogP contribution in [0.2, 0.25) is 0 Å². The molecule has 1 N–H and O–H groups in total. The molecule has 1 aliphatic heterocycles. The van der Waals surface area contributed by atoms with Crippen LogP contribution in [0.5, 0.6) is 5.75 Å². The number of hydrogen-bond donors (Lipinski definition) is 1. The molecule has 0 aromatic heterocycles. The maximum Gasteiger partial charge on any atom is 0.412 e. The van der Waals surface area contributed by atoms with Gasteiger partial charge < -0.3 is 14.2 Å². The Morgan fingerprint density at radius 3 is 2.66 bits per heavy atom. The van der Waals surface area contributed by atoms with Crippen molar-refractivity contribution >= 4 is 17.5 Å². The van der Waals surface area contributed by atoms with Gasteiger partial charge in [0, 0.05) is 19.6 Å². The van der Waals surface area contributed by atoms with Crippen molar-refractivity contribution in [3.63, 3.8) is 0 Å². The average molecular weight is 401 g/mol. The highest BCUT2D eigenvalue weighted by Gasteiger charge is 2.18. The Balaban J connectivity index is 1.54. The lowest BCUT2D eigenvalue weighted by Crippen LogP contribution is -2.38. The van der Waals surface area contributed by atoms with Gasteiger partial charge in [-0.3, -0.25) is 20.3 Å². The van der Waals surface area contributed by atoms with E-state index in [9.17, 15) is 14.9 Å². The molecule has 0 bridgehead atoms. The number of rotatable bonds is 8. The molecule has 154 valence electrons. The van der Waals surface area contributed by atoms with Gasteiger partial charge in [-0.05, 0) is 17.7 Å². The van der Waals surface area contributed by atoms with E-state index in [0.717, 1.165) is 18.7 Å². The number of morpholine rings is 1. The van der Waals surface area contributed by atoms with Crippen molar-refractivity contribution in [2.75, 3.05) is 44.8 Å². The van der Waals surface area contributed by atoms with Gasteiger partial charge in [0.15, 0.2) is 0 Å². The van der Waals surface area contributed by atoms with E-state index in [1.54, 1.807) is 6.07 Å². The third-order valence-corrected chi connectivity index (χ3v) is 4.40. The van der Waals surface area contributed by atoms with Crippen molar-refractivity contribution in [2.45, 2.75) is 6.61 Å². The number of anilines is 1. The van der Waals surface area contributed by atoms with Gasteiger partial charge in [-0.1, -0.05) is 30.3 Å². The first-order valence-corrected chi connectivity index (χ1v) is 9.31. The highest BCUT2D eigenvalue weighted by Crippen LogP contribution is 2.29. The van der Waals surface area contributed by atoms with Crippen molar-refractivity contribution in [3.8, 4) is 5.75 Å². The Hall–Kier alpha value is -3.17. The Kier molecular flexibility index (Phi) is 7.37. The number of amides is 1. The van der Waals surface area contributed by atoms with Gasteiger partial charge in [-0.2, -0.15) is 0 Å². The van der Waals surface area contributed by atoms with Gasteiger partial charge in [0.1, 0.15) is 24.7 Å². The summed E-state index contributed by atoms with van der Waals surface area (Å²) in [6.45, 7) is 4.28. The van der Waals surface area contributed by atoms with E-state index in [1.807, 2.05) is 30.3 Å². The quantitative estimate of drug-likeness (QED) is 0.536. The van der Waals surface area contributed by atoms with Gasteiger partial charge in [0.2, 0.25) is 0 Å². The smallest absolute Gasteiger partial charge is 0.412 e. The fourth-order valence-corrected chi connectivity index (χ4v) is 2.84. The summed E-state index contributed by atoms with van der Waals surface area (Å²) in [5.74, 6) is 0.369. The number of nitro benzene ring substituents is 1. The summed E-state index contributed by atoms with van der Waals surface area (Å²) in [4.78, 5) is 25.0. The normalized spacial score (nSPS) is 14.2. The lowest BCUT2D eigenvalue weighted by molar-refractivity contribution is -0.384. The van der Waals surface area contributed by atoms with E-state index in [4.69, 9.17) is 14.2 Å². The molecule has 2 aromatic carbocycles. The summed E-state index contributed by atoms with van der Waals surface area (Å²) in [5, 5.41) is 13.8. The van der Waals surface area contributed by atoms with Crippen LogP contribution in [0.15, 0.2) is 48.5 Å². The predicted molar refractivity (Wildman–Crippen MR) is 106 cm³/mol. The third kappa shape index (κ3) is 6.44. The minimum absolute atomic E-state index is 0.0496. The number of ether oxygens (including phenoxy) is 3. The van der Waals surface area contributed by atoms with Crippen LogP contribution in [0.1, 0.15) is 5.56 Å². The van der Waals surface area contributed by atoms with E-state index in [0.29, 0.717) is 32.1 Å². The van der Waals surface area contributed by atoms with Crippen molar-refractivity contribution in [1.29, 1.82) is 0 Å². The van der Waals surface area contributed by atoms with Crippen molar-refractivity contribution < 1.29 is 23.9 Å². The van der Waals surface area contributed by atoms with E-state index in [2.05, 4.69) is 10.2 Å². The Morgan fingerprint density at radius 2 is 1.93 bits per heavy atom. The lowest BCUT2D eigenvalue weighted by Gasteiger charge is -2.26. The average Bonchev–Trinajstić information content (AvgIpc) is 2.74. The molecule has 9 heteroatoms. The first kappa shape index (κ1) is 20.6. The van der Waals surface area contributed by atoms with Crippen molar-refractivity contribution in [3.05, 3.63) is 64.2 Å². The summed E-state index contributed by atoms with van der Waals surface area (Å²) in [6.07, 6.45) is -0.766. The molecule has 0 atom stereocenters. The number of nitrogens with one attached hydrogen (secondary N) is 1. The molecule has 1 saturated heterocycles. The highest BCUT2D eigenvalue weighted by atomic mass is 16.6. The van der Waals surface area contributed by atoms with Crippen LogP contribution in [0.3, 0.4) is 0 Å². The summed E-state index contributed by atoms with van der Waals surface area (Å²) in [6, 6.07) is 13.5. The minimum atomic E-state index is -0.766. The van der Waals surface area contributed by atoms with Crippen LogP contribution in [0.4, 0.5) is 16.2 Å². The number of carbonyl (C=O) groups is 1. The van der Waals surface area contributed by atoms with Crippen LogP contribution in [0.25, 0.3) is 0 Å². The molecule has 0 radical (unpaired) electrons. The molecule has 0 spiro atoms. The molecule has 1 amide bonds. The molecule has 2 aromatic rings. The standard InChI is InChI=1S/C20H23N3O6/c24-20(29-15-16-4-2-1-3-5-16)21-18-7-6-17(14-19(18)23(25)26)28-13-10-22-8-11-27-12-9-22/h1-7,14H,8-13,15H2,(H,21,24). The number of nitrogens with zero attached hydrogens (tertiary/aromatic N) is 2. The largest absolute Gasteiger partial charge is 0.492 e. The molecule has 9 nitrogen and oxygen atoms in total. The second-order valence-electron chi connectivity index (χ2n) is 6.43. The van der Waals surface area contributed by atoms with Crippen LogP contribution < -0.4 is 10.1 Å². The molecule has 0 unspecified atom stereocenters. The first-order chi connectivity index (χ1) is 14.1. The number of hydrogen-bond acceptors (Lipinski definition) is 7. The van der Waals surface area contributed by atoms with Crippen molar-refractivity contribution in [1.82, 2.24) is 4.90 Å². The number of carbonyl (C=O) groups excluding carboxylic acids is 1. The lowest BCUT2D eigenvalue weighted by atomic mass is 10.2. The molecule has 1 heterocycles. The third-order valence-electron chi connectivity index (χ3n) is 4.40. The van der Waals surface area contributed by atoms with Crippen LogP contribution in [-0.4, -0.2) is 55.4 Å². The van der Waals surface area contributed by atoms with Crippen LogP contribution >= 0.6 is 0 Å². The molecular formula is C20H23N3O6.